The average molecular weight is 337 g/mol. The van der Waals surface area contributed by atoms with E-state index in [-0.39, 0.29) is 15.6 Å². The molecule has 1 heterocycles. The van der Waals surface area contributed by atoms with Gasteiger partial charge < -0.3 is 14.6 Å². The summed E-state index contributed by atoms with van der Waals surface area (Å²) in [5.74, 6) is -0.574. The number of ether oxygens (including phenoxy) is 2. The van der Waals surface area contributed by atoms with Gasteiger partial charge in [-0.2, -0.15) is 0 Å². The van der Waals surface area contributed by atoms with Crippen molar-refractivity contribution in [2.75, 3.05) is 6.61 Å². The Hall–Kier alpha value is 0.580. The van der Waals surface area contributed by atoms with Crippen molar-refractivity contribution >= 4 is 23.5 Å². The third-order valence-electron chi connectivity index (χ3n) is 2.86. The lowest BCUT2D eigenvalue weighted by molar-refractivity contribution is -0.151. The minimum Gasteiger partial charge on any atom is -0.390 e. The highest BCUT2D eigenvalue weighted by Crippen LogP contribution is 2.43. The Morgan fingerprint density at radius 3 is 1.90 bits per heavy atom. The Morgan fingerprint density at radius 1 is 1.10 bits per heavy atom. The van der Waals surface area contributed by atoms with E-state index in [1.54, 1.807) is 0 Å². The minimum absolute atomic E-state index is 0.176. The normalized spacial score (nSPS) is 24.6. The van der Waals surface area contributed by atoms with E-state index < -0.39 is 11.9 Å². The second-order valence-corrected chi connectivity index (χ2v) is 12.4. The molecule has 1 fully saturated rings. The van der Waals surface area contributed by atoms with Crippen molar-refractivity contribution in [1.29, 1.82) is 0 Å². The Kier molecular flexibility index (Phi) is 6.54. The quantitative estimate of drug-likeness (QED) is 0.759. The van der Waals surface area contributed by atoms with Crippen molar-refractivity contribution in [1.82, 2.24) is 0 Å². The molecule has 1 rings (SSSR count). The molecular weight excluding hydrogens is 304 g/mol. The van der Waals surface area contributed by atoms with Gasteiger partial charge in [-0.25, -0.2) is 0 Å². The highest BCUT2D eigenvalue weighted by atomic mass is 32.2. The maximum absolute atomic E-state index is 10.5. The molecule has 0 radical (unpaired) electrons. The molecule has 0 unspecified atom stereocenters. The Balaban J connectivity index is 2.63. The topological polar surface area (TPSA) is 38.7 Å². The second-order valence-electron chi connectivity index (χ2n) is 8.06. The van der Waals surface area contributed by atoms with Gasteiger partial charge in [-0.1, -0.05) is 41.5 Å². The summed E-state index contributed by atoms with van der Waals surface area (Å²) in [4.78, 5) is 0. The summed E-state index contributed by atoms with van der Waals surface area (Å²) in [6, 6.07) is 0. The highest BCUT2D eigenvalue weighted by molar-refractivity contribution is 8.18. The molecule has 0 aromatic carbocycles. The molecule has 126 valence electrons. The van der Waals surface area contributed by atoms with E-state index in [0.29, 0.717) is 17.6 Å². The van der Waals surface area contributed by atoms with Gasteiger partial charge in [-0.15, -0.1) is 23.5 Å². The van der Waals surface area contributed by atoms with Crippen molar-refractivity contribution in [3.63, 3.8) is 0 Å². The predicted molar refractivity (Wildman–Crippen MR) is 94.0 cm³/mol. The minimum atomic E-state index is -0.574. The first kappa shape index (κ1) is 19.6. The molecule has 0 bridgehead atoms. The van der Waals surface area contributed by atoms with E-state index in [9.17, 15) is 5.11 Å². The lowest BCUT2D eigenvalue weighted by atomic mass is 10.1. The van der Waals surface area contributed by atoms with Crippen LogP contribution in [0.15, 0.2) is 0 Å². The third-order valence-corrected chi connectivity index (χ3v) is 5.77. The van der Waals surface area contributed by atoms with Gasteiger partial charge in [0.15, 0.2) is 5.79 Å². The fourth-order valence-corrected chi connectivity index (χ4v) is 6.25. The summed E-state index contributed by atoms with van der Waals surface area (Å²) in [6.45, 7) is 17.6. The molecule has 3 nitrogen and oxygen atoms in total. The molecule has 0 aromatic heterocycles. The van der Waals surface area contributed by atoms with Crippen molar-refractivity contribution in [2.24, 2.45) is 0 Å². The van der Waals surface area contributed by atoms with Crippen LogP contribution in [-0.4, -0.2) is 43.8 Å². The molecule has 1 N–H and O–H groups in total. The van der Waals surface area contributed by atoms with Crippen LogP contribution in [0.25, 0.3) is 0 Å². The third kappa shape index (κ3) is 8.12. The monoisotopic (exact) mass is 336 g/mol. The molecule has 1 saturated heterocycles. The Labute approximate surface area is 138 Å². The van der Waals surface area contributed by atoms with Gasteiger partial charge in [-0.3, -0.25) is 0 Å². The largest absolute Gasteiger partial charge is 0.390 e. The number of aliphatic hydroxyl groups excluding tert-OH is 1. The zero-order chi connectivity index (χ0) is 16.5. The van der Waals surface area contributed by atoms with Gasteiger partial charge >= 0.3 is 0 Å². The van der Waals surface area contributed by atoms with Crippen molar-refractivity contribution in [3.8, 4) is 0 Å². The predicted octanol–water partition coefficient (Wildman–Crippen LogP) is 4.28. The maximum Gasteiger partial charge on any atom is 0.163 e. The van der Waals surface area contributed by atoms with Crippen LogP contribution >= 0.6 is 23.5 Å². The Bertz CT molecular complexity index is 315. The van der Waals surface area contributed by atoms with Crippen LogP contribution < -0.4 is 0 Å². The molecule has 2 atom stereocenters. The lowest BCUT2D eigenvalue weighted by Gasteiger charge is -2.32. The van der Waals surface area contributed by atoms with Gasteiger partial charge in [0.25, 0.3) is 0 Å². The zero-order valence-electron chi connectivity index (χ0n) is 14.7. The van der Waals surface area contributed by atoms with Crippen molar-refractivity contribution < 1.29 is 14.6 Å². The van der Waals surface area contributed by atoms with Gasteiger partial charge in [0.05, 0.1) is 17.3 Å². The fourth-order valence-electron chi connectivity index (χ4n) is 2.16. The van der Waals surface area contributed by atoms with E-state index in [4.69, 9.17) is 9.47 Å². The van der Waals surface area contributed by atoms with Gasteiger partial charge in [-0.05, 0) is 20.3 Å². The second kappa shape index (κ2) is 7.00. The number of hydrogen-bond acceptors (Lipinski definition) is 5. The first-order valence-corrected chi connectivity index (χ1v) is 9.39. The number of thioether (sulfide) groups is 2. The fraction of sp³-hybridized carbons (Fsp3) is 1.00. The smallest absolute Gasteiger partial charge is 0.163 e. The summed E-state index contributed by atoms with van der Waals surface area (Å²) in [5.41, 5.74) is 0. The average Bonchev–Trinajstić information content (AvgIpc) is 2.53. The van der Waals surface area contributed by atoms with Crippen molar-refractivity contribution in [3.05, 3.63) is 0 Å². The van der Waals surface area contributed by atoms with Crippen molar-refractivity contribution in [2.45, 2.75) is 93.9 Å². The van der Waals surface area contributed by atoms with E-state index in [0.717, 1.165) is 0 Å². The Morgan fingerprint density at radius 2 is 1.57 bits per heavy atom. The standard InChI is InChI=1S/C16H32O3S2/c1-14(2,3)20-13(21-15(4,5)6)9-11(17)12-10-18-16(7,8)19-12/h11-13,17H,9-10H2,1-8H3/t11-,12+/m0/s1. The highest BCUT2D eigenvalue weighted by Gasteiger charge is 2.38. The number of hydrogen-bond donors (Lipinski definition) is 1. The summed E-state index contributed by atoms with van der Waals surface area (Å²) in [7, 11) is 0. The van der Waals surface area contributed by atoms with Crippen LogP contribution in [0.3, 0.4) is 0 Å². The van der Waals surface area contributed by atoms with E-state index in [2.05, 4.69) is 41.5 Å². The lowest BCUT2D eigenvalue weighted by Crippen LogP contribution is -2.34. The van der Waals surface area contributed by atoms with Gasteiger partial charge in [0.2, 0.25) is 0 Å². The molecule has 0 amide bonds. The van der Waals surface area contributed by atoms with Crippen LogP contribution in [-0.2, 0) is 9.47 Å². The molecule has 1 aliphatic heterocycles. The molecular formula is C16H32O3S2. The van der Waals surface area contributed by atoms with Crippen LogP contribution in [0.5, 0.6) is 0 Å². The molecule has 5 heteroatoms. The number of aliphatic hydroxyl groups is 1. The van der Waals surface area contributed by atoms with E-state index >= 15 is 0 Å². The molecule has 21 heavy (non-hydrogen) atoms. The number of rotatable bonds is 5. The van der Waals surface area contributed by atoms with Crippen LogP contribution in [0.4, 0.5) is 0 Å². The van der Waals surface area contributed by atoms with Crippen LogP contribution in [0, 0.1) is 0 Å². The maximum atomic E-state index is 10.5. The molecule has 0 aromatic rings. The molecule has 0 spiro atoms. The van der Waals surface area contributed by atoms with Gasteiger partial charge in [0.1, 0.15) is 6.10 Å². The first-order valence-electron chi connectivity index (χ1n) is 7.63. The molecule has 0 aliphatic carbocycles. The van der Waals surface area contributed by atoms with Crippen LogP contribution in [0.2, 0.25) is 0 Å². The van der Waals surface area contributed by atoms with Gasteiger partial charge in [0, 0.05) is 9.49 Å². The molecule has 0 saturated carbocycles. The summed E-state index contributed by atoms with van der Waals surface area (Å²) in [5, 5.41) is 10.5. The zero-order valence-corrected chi connectivity index (χ0v) is 16.4. The summed E-state index contributed by atoms with van der Waals surface area (Å²) >= 11 is 3.84. The SMILES string of the molecule is CC1(C)OC[C@H]([C@@H](O)CC(SC(C)(C)C)SC(C)(C)C)O1. The van der Waals surface area contributed by atoms with Crippen LogP contribution in [0.1, 0.15) is 61.8 Å². The van der Waals surface area contributed by atoms with E-state index in [1.807, 2.05) is 37.4 Å². The summed E-state index contributed by atoms with van der Waals surface area (Å²) in [6.07, 6.45) is 0.0126. The first-order chi connectivity index (χ1) is 9.27. The van der Waals surface area contributed by atoms with E-state index in [1.165, 1.54) is 0 Å². The summed E-state index contributed by atoms with van der Waals surface area (Å²) < 4.78 is 12.0. The molecule has 1 aliphatic rings.